The van der Waals surface area contributed by atoms with Gasteiger partial charge < -0.3 is 5.32 Å². The lowest BCUT2D eigenvalue weighted by atomic mass is 10.3. The molecule has 0 aliphatic carbocycles. The summed E-state index contributed by atoms with van der Waals surface area (Å²) in [7, 11) is 1.71. The number of likely N-dealkylation sites (N-methyl/N-ethyl adjacent to an activating group) is 1. The van der Waals surface area contributed by atoms with E-state index < -0.39 is 0 Å². The summed E-state index contributed by atoms with van der Waals surface area (Å²) in [6.45, 7) is 5.82. The van der Waals surface area contributed by atoms with Crippen molar-refractivity contribution in [2.24, 2.45) is 0 Å². The van der Waals surface area contributed by atoms with Crippen molar-refractivity contribution in [1.82, 2.24) is 5.32 Å². The molecule has 10 heavy (non-hydrogen) atoms. The molecule has 1 N–H and O–H groups in total. The van der Waals surface area contributed by atoms with Gasteiger partial charge in [0.05, 0.1) is 0 Å². The summed E-state index contributed by atoms with van der Waals surface area (Å²) in [6, 6.07) is 0. The van der Waals surface area contributed by atoms with Crippen molar-refractivity contribution < 1.29 is 4.79 Å². The molecule has 0 saturated heterocycles. The molecule has 0 aliphatic heterocycles. The molecule has 0 aliphatic rings. The Labute approximate surface area is 68.8 Å². The predicted molar refractivity (Wildman–Crippen MR) is 48.5 cm³/mol. The van der Waals surface area contributed by atoms with Gasteiger partial charge in [-0.1, -0.05) is 20.8 Å². The van der Waals surface area contributed by atoms with Gasteiger partial charge in [0.1, 0.15) is 5.37 Å². The molecule has 0 heterocycles. The molecule has 0 amide bonds. The summed E-state index contributed by atoms with van der Waals surface area (Å²) >= 11 is 3.94. The predicted octanol–water partition coefficient (Wildman–Crippen LogP) is 1.47. The van der Waals surface area contributed by atoms with E-state index in [0.29, 0.717) is 6.42 Å². The minimum atomic E-state index is -0.278. The van der Waals surface area contributed by atoms with Crippen molar-refractivity contribution in [1.29, 1.82) is 0 Å². The van der Waals surface area contributed by atoms with E-state index in [2.05, 4.69) is 17.9 Å². The number of hydrogen-bond donors (Lipinski definition) is 2. The van der Waals surface area contributed by atoms with Crippen LogP contribution in [0.15, 0.2) is 0 Å². The van der Waals surface area contributed by atoms with E-state index in [9.17, 15) is 4.79 Å². The molecule has 0 saturated carbocycles. The maximum atomic E-state index is 10.6. The molecule has 1 unspecified atom stereocenters. The zero-order valence-electron chi connectivity index (χ0n) is 7.14. The lowest BCUT2D eigenvalue weighted by Gasteiger charge is -2.03. The number of carbonyl (C=O) groups is 1. The Balaban J connectivity index is 0. The quantitative estimate of drug-likeness (QED) is 0.487. The number of carbonyl (C=O) groups excluding carboxylic acids is 1. The lowest BCUT2D eigenvalue weighted by molar-refractivity contribution is -0.118. The fourth-order valence-electron chi connectivity index (χ4n) is 0.354. The van der Waals surface area contributed by atoms with Crippen molar-refractivity contribution in [3.8, 4) is 0 Å². The second-order valence-electron chi connectivity index (χ2n) is 1.51. The second kappa shape index (κ2) is 8.98. The average Bonchev–Trinajstić information content (AvgIpc) is 2.05. The molecule has 3 heteroatoms. The largest absolute Gasteiger partial charge is 0.302 e. The summed E-state index contributed by atoms with van der Waals surface area (Å²) in [4.78, 5) is 10.6. The summed E-state index contributed by atoms with van der Waals surface area (Å²) in [5, 5.41) is 2.45. The Kier molecular flexibility index (Phi) is 11.3. The van der Waals surface area contributed by atoms with Gasteiger partial charge >= 0.3 is 0 Å². The third kappa shape index (κ3) is 6.11. The Hall–Kier alpha value is -0.0200. The third-order valence-corrected chi connectivity index (χ3v) is 1.47. The van der Waals surface area contributed by atoms with Gasteiger partial charge in [0.25, 0.3) is 0 Å². The molecule has 0 spiro atoms. The molecule has 0 rings (SSSR count). The van der Waals surface area contributed by atoms with Crippen LogP contribution in [-0.4, -0.2) is 18.2 Å². The minimum absolute atomic E-state index is 0.135. The van der Waals surface area contributed by atoms with Crippen LogP contribution in [0.2, 0.25) is 0 Å². The highest BCUT2D eigenvalue weighted by molar-refractivity contribution is 7.81. The van der Waals surface area contributed by atoms with Crippen molar-refractivity contribution >= 4 is 18.4 Å². The van der Waals surface area contributed by atoms with Gasteiger partial charge in [-0.3, -0.25) is 4.79 Å². The van der Waals surface area contributed by atoms with Crippen LogP contribution in [0, 0.1) is 0 Å². The third-order valence-electron chi connectivity index (χ3n) is 0.927. The van der Waals surface area contributed by atoms with E-state index in [-0.39, 0.29) is 11.2 Å². The summed E-state index contributed by atoms with van der Waals surface area (Å²) in [5.41, 5.74) is 0. The van der Waals surface area contributed by atoms with Gasteiger partial charge in [0, 0.05) is 6.42 Å². The first-order chi connectivity index (χ1) is 4.72. The van der Waals surface area contributed by atoms with Crippen LogP contribution in [0.5, 0.6) is 0 Å². The molecule has 2 nitrogen and oxygen atoms in total. The van der Waals surface area contributed by atoms with Gasteiger partial charge in [-0.25, -0.2) is 0 Å². The molecule has 62 valence electrons. The standard InChI is InChI=1S/C5H11NOS.C2H6/c1-3-4(7)5(8)6-2;1-2/h5-6,8H,3H2,1-2H3;1-2H3. The Morgan fingerprint density at radius 1 is 1.60 bits per heavy atom. The van der Waals surface area contributed by atoms with Crippen LogP contribution in [0.4, 0.5) is 0 Å². The van der Waals surface area contributed by atoms with Crippen LogP contribution in [-0.2, 0) is 4.79 Å². The Bertz CT molecular complexity index is 85.7. The summed E-state index contributed by atoms with van der Waals surface area (Å²) < 4.78 is 0. The molecule has 0 bridgehead atoms. The van der Waals surface area contributed by atoms with E-state index >= 15 is 0 Å². The van der Waals surface area contributed by atoms with Crippen molar-refractivity contribution in [3.63, 3.8) is 0 Å². The molecule has 0 aromatic carbocycles. The van der Waals surface area contributed by atoms with Crippen LogP contribution in [0.25, 0.3) is 0 Å². The smallest absolute Gasteiger partial charge is 0.159 e. The maximum absolute atomic E-state index is 10.6. The van der Waals surface area contributed by atoms with E-state index in [1.165, 1.54) is 0 Å². The number of nitrogens with one attached hydrogen (secondary N) is 1. The Morgan fingerprint density at radius 3 is 2.10 bits per heavy atom. The average molecular weight is 163 g/mol. The highest BCUT2D eigenvalue weighted by atomic mass is 32.1. The molecule has 1 atom stereocenters. The molecule has 0 radical (unpaired) electrons. The van der Waals surface area contributed by atoms with Crippen molar-refractivity contribution in [2.75, 3.05) is 7.05 Å². The monoisotopic (exact) mass is 163 g/mol. The van der Waals surface area contributed by atoms with Gasteiger partial charge in [0.2, 0.25) is 0 Å². The molecule has 0 aromatic rings. The lowest BCUT2D eigenvalue weighted by Crippen LogP contribution is -2.27. The fraction of sp³-hybridized carbons (Fsp3) is 0.857. The van der Waals surface area contributed by atoms with E-state index in [1.54, 1.807) is 7.05 Å². The topological polar surface area (TPSA) is 29.1 Å². The van der Waals surface area contributed by atoms with E-state index in [4.69, 9.17) is 0 Å². The number of ketones is 1. The number of hydrogen-bond acceptors (Lipinski definition) is 3. The minimum Gasteiger partial charge on any atom is -0.302 e. The number of Topliss-reactive ketones (excluding diaryl/α,β-unsaturated/α-hetero) is 1. The van der Waals surface area contributed by atoms with Gasteiger partial charge in [-0.15, -0.1) is 0 Å². The summed E-state index contributed by atoms with van der Waals surface area (Å²) in [6.07, 6.45) is 0.551. The zero-order chi connectivity index (χ0) is 8.57. The van der Waals surface area contributed by atoms with Gasteiger partial charge in [-0.05, 0) is 7.05 Å². The Morgan fingerprint density at radius 2 is 2.00 bits per heavy atom. The van der Waals surface area contributed by atoms with E-state index in [1.807, 2.05) is 20.8 Å². The fourth-order valence-corrected chi connectivity index (χ4v) is 0.537. The summed E-state index contributed by atoms with van der Waals surface area (Å²) in [5.74, 6) is 0.135. The van der Waals surface area contributed by atoms with Gasteiger partial charge in [0.15, 0.2) is 5.78 Å². The first-order valence-corrected chi connectivity index (χ1v) is 4.12. The van der Waals surface area contributed by atoms with Crippen LogP contribution >= 0.6 is 12.6 Å². The second-order valence-corrected chi connectivity index (χ2v) is 2.03. The van der Waals surface area contributed by atoms with Gasteiger partial charge in [-0.2, -0.15) is 12.6 Å². The normalized spacial score (nSPS) is 11.3. The van der Waals surface area contributed by atoms with Crippen molar-refractivity contribution in [2.45, 2.75) is 32.6 Å². The molecular formula is C7H17NOS. The highest BCUT2D eigenvalue weighted by Crippen LogP contribution is 1.93. The van der Waals surface area contributed by atoms with Crippen LogP contribution < -0.4 is 5.32 Å². The first kappa shape index (κ1) is 12.6. The van der Waals surface area contributed by atoms with Crippen molar-refractivity contribution in [3.05, 3.63) is 0 Å². The number of rotatable bonds is 3. The molecular weight excluding hydrogens is 146 g/mol. The highest BCUT2D eigenvalue weighted by Gasteiger charge is 2.06. The molecule has 0 fully saturated rings. The van der Waals surface area contributed by atoms with Crippen LogP contribution in [0.1, 0.15) is 27.2 Å². The SMILES string of the molecule is CC.CCC(=O)C(S)NC. The number of thiol groups is 1. The van der Waals surface area contributed by atoms with E-state index in [0.717, 1.165) is 0 Å². The maximum Gasteiger partial charge on any atom is 0.159 e. The zero-order valence-corrected chi connectivity index (χ0v) is 8.03. The first-order valence-electron chi connectivity index (χ1n) is 3.60. The van der Waals surface area contributed by atoms with Crippen LogP contribution in [0.3, 0.4) is 0 Å². The molecule has 0 aromatic heterocycles.